The van der Waals surface area contributed by atoms with Crippen LogP contribution in [0.2, 0.25) is 0 Å². The molecule has 1 N–H and O–H groups in total. The number of piperidine rings is 1. The molecule has 25 heavy (non-hydrogen) atoms. The number of nitrogens with one attached hydrogen (secondary N) is 1. The van der Waals surface area contributed by atoms with Gasteiger partial charge in [0, 0.05) is 31.7 Å². The van der Waals surface area contributed by atoms with Gasteiger partial charge in [0.15, 0.2) is 0 Å². The molecule has 0 unspecified atom stereocenters. The Morgan fingerprint density at radius 2 is 2.28 bits per heavy atom. The third-order valence-electron chi connectivity index (χ3n) is 5.45. The van der Waals surface area contributed by atoms with Crippen LogP contribution in [-0.2, 0) is 16.1 Å². The van der Waals surface area contributed by atoms with E-state index in [-0.39, 0.29) is 29.7 Å². The average Bonchev–Trinajstić information content (AvgIpc) is 3.15. The number of hydrogen-bond donors (Lipinski definition) is 1. The van der Waals surface area contributed by atoms with Crippen LogP contribution in [0.5, 0.6) is 0 Å². The Bertz CT molecular complexity index is 804. The summed E-state index contributed by atoms with van der Waals surface area (Å²) in [6, 6.07) is 3.69. The van der Waals surface area contributed by atoms with E-state index in [0.29, 0.717) is 19.5 Å². The van der Waals surface area contributed by atoms with E-state index >= 15 is 0 Å². The summed E-state index contributed by atoms with van der Waals surface area (Å²) in [5.41, 5.74) is 1.46. The van der Waals surface area contributed by atoms with Crippen molar-refractivity contribution in [3.05, 3.63) is 42.5 Å². The molecule has 130 valence electrons. The van der Waals surface area contributed by atoms with Gasteiger partial charge in [-0.1, -0.05) is 0 Å². The molecule has 2 amide bonds. The van der Waals surface area contributed by atoms with Crippen LogP contribution < -0.4 is 5.32 Å². The van der Waals surface area contributed by atoms with Crippen LogP contribution in [0.1, 0.15) is 18.4 Å². The number of rotatable bonds is 4. The Kier molecular flexibility index (Phi) is 3.78. The number of fused-ring (bicyclic) bond motifs is 1. The zero-order chi connectivity index (χ0) is 17.4. The molecule has 4 rings (SSSR count). The van der Waals surface area contributed by atoms with Gasteiger partial charge >= 0.3 is 0 Å². The number of aromatic nitrogens is 3. The monoisotopic (exact) mass is 339 g/mol. The molecule has 3 heterocycles. The van der Waals surface area contributed by atoms with Gasteiger partial charge in [-0.2, -0.15) is 5.10 Å². The highest BCUT2D eigenvalue weighted by Crippen LogP contribution is 2.58. The standard InChI is InChI=1S/C18H21N5O2/c1-13-3-6-19-10-15(13)21-17(25)18-4-8-22(11-14(18)9-18)16(24)12-23-7-2-5-20-23/h2-3,5-7,10,14H,4,8-9,11-12H2,1H3,(H,21,25)/t14-,18+/m1/s1. The average molecular weight is 339 g/mol. The summed E-state index contributed by atoms with van der Waals surface area (Å²) in [5, 5.41) is 7.10. The number of likely N-dealkylation sites (tertiary alicyclic amines) is 1. The smallest absolute Gasteiger partial charge is 0.244 e. The minimum absolute atomic E-state index is 0.0627. The van der Waals surface area contributed by atoms with Crippen molar-refractivity contribution in [1.29, 1.82) is 0 Å². The summed E-state index contributed by atoms with van der Waals surface area (Å²) in [7, 11) is 0. The van der Waals surface area contributed by atoms with Crippen molar-refractivity contribution in [1.82, 2.24) is 19.7 Å². The summed E-state index contributed by atoms with van der Waals surface area (Å²) in [4.78, 5) is 31.1. The lowest BCUT2D eigenvalue weighted by molar-refractivity contribution is -0.135. The Balaban J connectivity index is 1.37. The zero-order valence-electron chi connectivity index (χ0n) is 14.2. The number of carbonyl (C=O) groups is 2. The van der Waals surface area contributed by atoms with E-state index in [1.165, 1.54) is 0 Å². The first kappa shape index (κ1) is 15.8. The molecule has 2 aromatic heterocycles. The van der Waals surface area contributed by atoms with Crippen molar-refractivity contribution in [3.63, 3.8) is 0 Å². The highest BCUT2D eigenvalue weighted by Gasteiger charge is 2.62. The van der Waals surface area contributed by atoms with E-state index in [1.54, 1.807) is 35.5 Å². The minimum Gasteiger partial charge on any atom is -0.341 e. The van der Waals surface area contributed by atoms with Crippen molar-refractivity contribution >= 4 is 17.5 Å². The largest absolute Gasteiger partial charge is 0.341 e. The van der Waals surface area contributed by atoms with E-state index < -0.39 is 0 Å². The van der Waals surface area contributed by atoms with Crippen LogP contribution in [0, 0.1) is 18.3 Å². The van der Waals surface area contributed by atoms with Crippen molar-refractivity contribution < 1.29 is 9.59 Å². The van der Waals surface area contributed by atoms with E-state index in [4.69, 9.17) is 0 Å². The van der Waals surface area contributed by atoms with Gasteiger partial charge in [-0.05, 0) is 43.4 Å². The second kappa shape index (κ2) is 5.98. The van der Waals surface area contributed by atoms with Crippen LogP contribution in [0.3, 0.4) is 0 Å². The van der Waals surface area contributed by atoms with Gasteiger partial charge in [-0.3, -0.25) is 19.3 Å². The van der Waals surface area contributed by atoms with Crippen LogP contribution >= 0.6 is 0 Å². The maximum absolute atomic E-state index is 12.8. The van der Waals surface area contributed by atoms with Gasteiger partial charge in [0.2, 0.25) is 11.8 Å². The lowest BCUT2D eigenvalue weighted by Gasteiger charge is -2.31. The molecule has 2 atom stereocenters. The molecule has 2 fully saturated rings. The molecule has 1 aliphatic carbocycles. The molecule has 0 bridgehead atoms. The highest BCUT2D eigenvalue weighted by atomic mass is 16.2. The van der Waals surface area contributed by atoms with E-state index in [0.717, 1.165) is 17.7 Å². The molecule has 0 spiro atoms. The molecular weight excluding hydrogens is 318 g/mol. The first-order valence-corrected chi connectivity index (χ1v) is 8.56. The molecule has 1 saturated heterocycles. The van der Waals surface area contributed by atoms with Gasteiger partial charge < -0.3 is 10.2 Å². The number of hydrogen-bond acceptors (Lipinski definition) is 4. The van der Waals surface area contributed by atoms with Crippen LogP contribution in [0.4, 0.5) is 5.69 Å². The lowest BCUT2D eigenvalue weighted by Crippen LogP contribution is -2.43. The third kappa shape index (κ3) is 2.90. The number of nitrogens with zero attached hydrogens (tertiary/aromatic N) is 4. The fraction of sp³-hybridized carbons (Fsp3) is 0.444. The Hall–Kier alpha value is -2.70. The first-order valence-electron chi connectivity index (χ1n) is 8.56. The number of anilines is 1. The number of pyridine rings is 1. The molecule has 7 nitrogen and oxygen atoms in total. The van der Waals surface area contributed by atoms with E-state index in [2.05, 4.69) is 15.4 Å². The highest BCUT2D eigenvalue weighted by molar-refractivity contribution is 5.98. The fourth-order valence-electron chi connectivity index (χ4n) is 3.71. The number of aryl methyl sites for hydroxylation is 1. The third-order valence-corrected chi connectivity index (χ3v) is 5.45. The first-order chi connectivity index (χ1) is 12.1. The lowest BCUT2D eigenvalue weighted by atomic mass is 9.93. The van der Waals surface area contributed by atoms with Crippen molar-refractivity contribution in [2.75, 3.05) is 18.4 Å². The Morgan fingerprint density at radius 1 is 1.40 bits per heavy atom. The molecule has 0 radical (unpaired) electrons. The maximum Gasteiger partial charge on any atom is 0.244 e. The summed E-state index contributed by atoms with van der Waals surface area (Å²) >= 11 is 0. The van der Waals surface area contributed by atoms with Gasteiger partial charge in [0.25, 0.3) is 0 Å². The van der Waals surface area contributed by atoms with Gasteiger partial charge in [0.05, 0.1) is 17.3 Å². The quantitative estimate of drug-likeness (QED) is 0.915. The second-order valence-electron chi connectivity index (χ2n) is 7.00. The SMILES string of the molecule is Cc1ccncc1NC(=O)[C@]12CCN(C(=O)Cn3cccn3)C[C@H]1C2. The number of carbonyl (C=O) groups excluding carboxylic acids is 2. The normalized spacial score (nSPS) is 24.5. The van der Waals surface area contributed by atoms with Crippen molar-refractivity contribution in [3.8, 4) is 0 Å². The Labute approximate surface area is 146 Å². The van der Waals surface area contributed by atoms with Crippen molar-refractivity contribution in [2.45, 2.75) is 26.3 Å². The summed E-state index contributed by atoms with van der Waals surface area (Å²) in [5.74, 6) is 0.375. The molecule has 1 aliphatic heterocycles. The topological polar surface area (TPSA) is 80.1 Å². The minimum atomic E-state index is -0.315. The molecular formula is C18H21N5O2. The molecule has 7 heteroatoms. The fourth-order valence-corrected chi connectivity index (χ4v) is 3.71. The number of amides is 2. The summed E-state index contributed by atoms with van der Waals surface area (Å²) in [6.45, 7) is 3.49. The van der Waals surface area contributed by atoms with Gasteiger partial charge in [-0.15, -0.1) is 0 Å². The van der Waals surface area contributed by atoms with Crippen LogP contribution in [-0.4, -0.2) is 44.6 Å². The maximum atomic E-state index is 12.8. The summed E-state index contributed by atoms with van der Waals surface area (Å²) < 4.78 is 1.63. The second-order valence-corrected chi connectivity index (χ2v) is 7.00. The predicted octanol–water partition coefficient (Wildman–Crippen LogP) is 1.46. The molecule has 0 aromatic carbocycles. The summed E-state index contributed by atoms with van der Waals surface area (Å²) in [6.07, 6.45) is 8.42. The van der Waals surface area contributed by atoms with E-state index in [1.807, 2.05) is 17.9 Å². The van der Waals surface area contributed by atoms with Crippen LogP contribution in [0.25, 0.3) is 0 Å². The molecule has 1 saturated carbocycles. The van der Waals surface area contributed by atoms with Crippen molar-refractivity contribution in [2.24, 2.45) is 11.3 Å². The molecule has 2 aromatic rings. The predicted molar refractivity (Wildman–Crippen MR) is 91.6 cm³/mol. The van der Waals surface area contributed by atoms with Crippen LogP contribution in [0.15, 0.2) is 36.9 Å². The Morgan fingerprint density at radius 3 is 3.00 bits per heavy atom. The molecule has 2 aliphatic rings. The van der Waals surface area contributed by atoms with Gasteiger partial charge in [0.1, 0.15) is 6.54 Å². The van der Waals surface area contributed by atoms with E-state index in [9.17, 15) is 9.59 Å². The zero-order valence-corrected chi connectivity index (χ0v) is 14.2. The van der Waals surface area contributed by atoms with Gasteiger partial charge in [-0.25, -0.2) is 0 Å².